The highest BCUT2D eigenvalue weighted by atomic mass is 16.5. The number of anilines is 1. The Morgan fingerprint density at radius 2 is 1.64 bits per heavy atom. The van der Waals surface area contributed by atoms with E-state index in [4.69, 9.17) is 14.5 Å². The largest absolute Gasteiger partial charge is 0.379 e. The molecule has 0 atom stereocenters. The van der Waals surface area contributed by atoms with Crippen LogP contribution in [0.4, 0.5) is 5.69 Å². The SMILES string of the molecule is c1cc(N2CCOCC2)ccc1-c1cc2cnc(CN3CCOCC3)nc2[nH]1. The van der Waals surface area contributed by atoms with Crippen LogP contribution in [-0.2, 0) is 16.0 Å². The van der Waals surface area contributed by atoms with E-state index in [1.807, 2.05) is 6.20 Å². The van der Waals surface area contributed by atoms with E-state index in [0.29, 0.717) is 0 Å². The summed E-state index contributed by atoms with van der Waals surface area (Å²) in [6.45, 7) is 7.72. The Morgan fingerprint density at radius 3 is 2.39 bits per heavy atom. The quantitative estimate of drug-likeness (QED) is 0.750. The lowest BCUT2D eigenvalue weighted by Gasteiger charge is -2.28. The molecule has 0 radical (unpaired) electrons. The van der Waals surface area contributed by atoms with Gasteiger partial charge in [-0.05, 0) is 23.8 Å². The maximum absolute atomic E-state index is 5.44. The van der Waals surface area contributed by atoms with E-state index < -0.39 is 0 Å². The van der Waals surface area contributed by atoms with Gasteiger partial charge in [0, 0.05) is 49.1 Å². The number of nitrogens with one attached hydrogen (secondary N) is 1. The molecule has 7 nitrogen and oxygen atoms in total. The molecule has 146 valence electrons. The van der Waals surface area contributed by atoms with Gasteiger partial charge in [0.25, 0.3) is 0 Å². The first-order valence-corrected chi connectivity index (χ1v) is 9.93. The molecule has 0 amide bonds. The van der Waals surface area contributed by atoms with Crippen molar-refractivity contribution in [2.45, 2.75) is 6.54 Å². The van der Waals surface area contributed by atoms with Gasteiger partial charge in [0.15, 0.2) is 0 Å². The zero-order valence-electron chi connectivity index (χ0n) is 15.9. The lowest BCUT2D eigenvalue weighted by atomic mass is 10.1. The van der Waals surface area contributed by atoms with E-state index in [1.54, 1.807) is 0 Å². The van der Waals surface area contributed by atoms with Gasteiger partial charge in [0.05, 0.1) is 33.0 Å². The summed E-state index contributed by atoms with van der Waals surface area (Å²) in [7, 11) is 0. The third-order valence-electron chi connectivity index (χ3n) is 5.44. The Bertz CT molecular complexity index is 928. The van der Waals surface area contributed by atoms with Gasteiger partial charge in [0.1, 0.15) is 11.5 Å². The van der Waals surface area contributed by atoms with Crippen molar-refractivity contribution in [3.8, 4) is 11.3 Å². The second kappa shape index (κ2) is 7.87. The number of hydrogen-bond acceptors (Lipinski definition) is 6. The van der Waals surface area contributed by atoms with E-state index in [-0.39, 0.29) is 0 Å². The predicted octanol–water partition coefficient (Wildman–Crippen LogP) is 2.29. The Balaban J connectivity index is 1.34. The summed E-state index contributed by atoms with van der Waals surface area (Å²) in [6, 6.07) is 10.8. The molecule has 1 aromatic carbocycles. The van der Waals surface area contributed by atoms with Gasteiger partial charge >= 0.3 is 0 Å². The topological polar surface area (TPSA) is 66.5 Å². The molecule has 2 fully saturated rings. The third kappa shape index (κ3) is 3.73. The molecule has 0 saturated carbocycles. The van der Waals surface area contributed by atoms with Gasteiger partial charge in [0.2, 0.25) is 0 Å². The zero-order valence-corrected chi connectivity index (χ0v) is 15.9. The Labute approximate surface area is 164 Å². The van der Waals surface area contributed by atoms with Crippen LogP contribution in [0.15, 0.2) is 36.5 Å². The van der Waals surface area contributed by atoms with E-state index in [9.17, 15) is 0 Å². The van der Waals surface area contributed by atoms with Crippen molar-refractivity contribution in [2.75, 3.05) is 57.5 Å². The van der Waals surface area contributed by atoms with Gasteiger partial charge in [-0.2, -0.15) is 0 Å². The lowest BCUT2D eigenvalue weighted by Crippen LogP contribution is -2.36. The molecule has 2 saturated heterocycles. The highest BCUT2D eigenvalue weighted by molar-refractivity contribution is 5.82. The lowest BCUT2D eigenvalue weighted by molar-refractivity contribution is 0.0331. The Kier molecular flexibility index (Phi) is 4.95. The van der Waals surface area contributed by atoms with Gasteiger partial charge in [-0.3, -0.25) is 4.90 Å². The third-order valence-corrected chi connectivity index (χ3v) is 5.44. The maximum atomic E-state index is 5.44. The number of aromatic nitrogens is 3. The van der Waals surface area contributed by atoms with Crippen molar-refractivity contribution in [3.63, 3.8) is 0 Å². The van der Waals surface area contributed by atoms with E-state index in [0.717, 1.165) is 87.3 Å². The Hall–Kier alpha value is -2.48. The first kappa shape index (κ1) is 17.6. The summed E-state index contributed by atoms with van der Waals surface area (Å²) in [4.78, 5) is 17.4. The Morgan fingerprint density at radius 1 is 0.929 bits per heavy atom. The molecule has 0 aliphatic carbocycles. The number of rotatable bonds is 4. The minimum Gasteiger partial charge on any atom is -0.379 e. The number of fused-ring (bicyclic) bond motifs is 1. The van der Waals surface area contributed by atoms with Crippen molar-refractivity contribution in [1.29, 1.82) is 0 Å². The summed E-state index contributed by atoms with van der Waals surface area (Å²) >= 11 is 0. The van der Waals surface area contributed by atoms with Gasteiger partial charge in [-0.15, -0.1) is 0 Å². The molecule has 2 aliphatic rings. The zero-order chi connectivity index (χ0) is 18.8. The average molecular weight is 379 g/mol. The van der Waals surface area contributed by atoms with Crippen LogP contribution in [0.1, 0.15) is 5.82 Å². The number of ether oxygens (including phenoxy) is 2. The fourth-order valence-electron chi connectivity index (χ4n) is 3.82. The van der Waals surface area contributed by atoms with E-state index >= 15 is 0 Å². The second-order valence-electron chi connectivity index (χ2n) is 7.31. The molecule has 2 aromatic heterocycles. The molecular weight excluding hydrogens is 354 g/mol. The van der Waals surface area contributed by atoms with Crippen molar-refractivity contribution in [2.24, 2.45) is 0 Å². The molecule has 0 bridgehead atoms. The summed E-state index contributed by atoms with van der Waals surface area (Å²) in [5, 5.41) is 1.04. The molecule has 0 unspecified atom stereocenters. The molecule has 5 rings (SSSR count). The van der Waals surface area contributed by atoms with Crippen molar-refractivity contribution in [3.05, 3.63) is 42.4 Å². The van der Waals surface area contributed by atoms with Gasteiger partial charge in [-0.25, -0.2) is 9.97 Å². The molecule has 0 spiro atoms. The standard InChI is InChI=1S/C21H25N5O2/c1-3-18(26-7-11-28-12-8-26)4-2-16(1)19-13-17-14-22-20(24-21(17)23-19)15-25-5-9-27-10-6-25/h1-4,13-14H,5-12,15H2,(H,22,23,24). The summed E-state index contributed by atoms with van der Waals surface area (Å²) < 4.78 is 10.8. The van der Waals surface area contributed by atoms with Crippen molar-refractivity contribution >= 4 is 16.7 Å². The minimum atomic E-state index is 0.766. The highest BCUT2D eigenvalue weighted by Gasteiger charge is 2.14. The van der Waals surface area contributed by atoms with Crippen LogP contribution in [0.5, 0.6) is 0 Å². The summed E-state index contributed by atoms with van der Waals surface area (Å²) in [6.07, 6.45) is 1.92. The van der Waals surface area contributed by atoms with Crippen LogP contribution in [0, 0.1) is 0 Å². The minimum absolute atomic E-state index is 0.766. The highest BCUT2D eigenvalue weighted by Crippen LogP contribution is 2.26. The molecule has 28 heavy (non-hydrogen) atoms. The number of aromatic amines is 1. The number of benzene rings is 1. The number of H-pyrrole nitrogens is 1. The van der Waals surface area contributed by atoms with Crippen molar-refractivity contribution in [1.82, 2.24) is 19.9 Å². The van der Waals surface area contributed by atoms with Crippen LogP contribution in [0.2, 0.25) is 0 Å². The molecular formula is C21H25N5O2. The van der Waals surface area contributed by atoms with Crippen molar-refractivity contribution < 1.29 is 9.47 Å². The monoisotopic (exact) mass is 379 g/mol. The summed E-state index contributed by atoms with van der Waals surface area (Å²) in [5.41, 5.74) is 4.37. The average Bonchev–Trinajstić information content (AvgIpc) is 3.19. The van der Waals surface area contributed by atoms with Crippen LogP contribution < -0.4 is 4.90 Å². The first-order chi connectivity index (χ1) is 13.8. The van der Waals surface area contributed by atoms with Crippen LogP contribution in [0.25, 0.3) is 22.3 Å². The number of morpholine rings is 2. The molecule has 3 aromatic rings. The van der Waals surface area contributed by atoms with Crippen LogP contribution >= 0.6 is 0 Å². The molecule has 7 heteroatoms. The van der Waals surface area contributed by atoms with E-state index in [2.05, 4.69) is 50.1 Å². The molecule has 2 aliphatic heterocycles. The first-order valence-electron chi connectivity index (χ1n) is 9.93. The number of hydrogen-bond donors (Lipinski definition) is 1. The normalized spacial score (nSPS) is 18.6. The van der Waals surface area contributed by atoms with E-state index in [1.165, 1.54) is 5.69 Å². The second-order valence-corrected chi connectivity index (χ2v) is 7.31. The van der Waals surface area contributed by atoms with Crippen LogP contribution in [-0.4, -0.2) is 72.5 Å². The van der Waals surface area contributed by atoms with Gasteiger partial charge in [-0.1, -0.05) is 12.1 Å². The predicted molar refractivity (Wildman–Crippen MR) is 108 cm³/mol. The fourth-order valence-corrected chi connectivity index (χ4v) is 3.82. The van der Waals surface area contributed by atoms with Crippen LogP contribution in [0.3, 0.4) is 0 Å². The van der Waals surface area contributed by atoms with Gasteiger partial charge < -0.3 is 19.4 Å². The molecule has 1 N–H and O–H groups in total. The maximum Gasteiger partial charge on any atom is 0.144 e. The summed E-state index contributed by atoms with van der Waals surface area (Å²) in [5.74, 6) is 0.852. The number of nitrogens with zero attached hydrogens (tertiary/aromatic N) is 4. The molecule has 4 heterocycles. The smallest absolute Gasteiger partial charge is 0.144 e. The fraction of sp³-hybridized carbons (Fsp3) is 0.429.